The van der Waals surface area contributed by atoms with Crippen LogP contribution in [0.15, 0.2) is 36.7 Å². The second-order valence-electron chi connectivity index (χ2n) is 6.89. The number of nitrogens with zero attached hydrogens (tertiary/aromatic N) is 3. The first-order valence-corrected chi connectivity index (χ1v) is 9.48. The van der Waals surface area contributed by atoms with Gasteiger partial charge < -0.3 is 10.4 Å². The standard InChI is InChI=1S/C19H15F3N4O2S/c1-10-6-11(13-9-24-15(29-13)18(3-4-18)16(27)28)8-12(7-10)25-17-23-5-2-14(26-17)19(20,21)22/h2,5-9H,3-4H2,1H3,(H,27,28)(H,23,25,26). The molecule has 150 valence electrons. The van der Waals surface area contributed by atoms with E-state index in [0.29, 0.717) is 23.5 Å². The van der Waals surface area contributed by atoms with Crippen molar-refractivity contribution in [1.29, 1.82) is 0 Å². The van der Waals surface area contributed by atoms with Crippen LogP contribution in [0.25, 0.3) is 10.4 Å². The van der Waals surface area contributed by atoms with Crippen molar-refractivity contribution in [3.8, 4) is 10.4 Å². The summed E-state index contributed by atoms with van der Waals surface area (Å²) in [6.07, 6.45) is -0.738. The van der Waals surface area contributed by atoms with Gasteiger partial charge in [-0.25, -0.2) is 15.0 Å². The van der Waals surface area contributed by atoms with Gasteiger partial charge in [-0.05, 0) is 49.1 Å². The fourth-order valence-corrected chi connectivity index (χ4v) is 4.12. The summed E-state index contributed by atoms with van der Waals surface area (Å²) in [6, 6.07) is 6.21. The van der Waals surface area contributed by atoms with E-state index < -0.39 is 23.3 Å². The Morgan fingerprint density at radius 2 is 2.00 bits per heavy atom. The van der Waals surface area contributed by atoms with E-state index in [1.807, 2.05) is 13.0 Å². The number of rotatable bonds is 5. The van der Waals surface area contributed by atoms with Gasteiger partial charge in [0.15, 0.2) is 0 Å². The lowest BCUT2D eigenvalue weighted by molar-refractivity contribution is -0.141. The second kappa shape index (κ2) is 6.80. The number of thiazole rings is 1. The van der Waals surface area contributed by atoms with Crippen LogP contribution >= 0.6 is 11.3 Å². The maximum atomic E-state index is 12.9. The third kappa shape index (κ3) is 3.80. The number of alkyl halides is 3. The van der Waals surface area contributed by atoms with Crippen LogP contribution in [0.3, 0.4) is 0 Å². The molecule has 6 nitrogen and oxygen atoms in total. The molecule has 0 saturated heterocycles. The van der Waals surface area contributed by atoms with Crippen LogP contribution in [0.1, 0.15) is 29.1 Å². The molecule has 1 saturated carbocycles. The van der Waals surface area contributed by atoms with E-state index in [4.69, 9.17) is 0 Å². The zero-order valence-electron chi connectivity index (χ0n) is 15.1. The minimum Gasteiger partial charge on any atom is -0.481 e. The van der Waals surface area contributed by atoms with Gasteiger partial charge in [-0.1, -0.05) is 6.07 Å². The highest BCUT2D eigenvalue weighted by atomic mass is 32.1. The number of anilines is 2. The van der Waals surface area contributed by atoms with E-state index in [1.54, 1.807) is 18.3 Å². The quantitative estimate of drug-likeness (QED) is 0.617. The van der Waals surface area contributed by atoms with Gasteiger partial charge in [0.05, 0.1) is 4.88 Å². The molecule has 10 heteroatoms. The Morgan fingerprint density at radius 1 is 1.24 bits per heavy atom. The lowest BCUT2D eigenvalue weighted by Crippen LogP contribution is -2.18. The highest BCUT2D eigenvalue weighted by molar-refractivity contribution is 7.15. The molecule has 1 aliphatic rings. The first kappa shape index (κ1) is 19.3. The lowest BCUT2D eigenvalue weighted by atomic mass is 10.1. The molecule has 29 heavy (non-hydrogen) atoms. The first-order chi connectivity index (χ1) is 13.7. The van der Waals surface area contributed by atoms with E-state index in [2.05, 4.69) is 20.3 Å². The van der Waals surface area contributed by atoms with Gasteiger partial charge in [0.25, 0.3) is 0 Å². The molecule has 2 aromatic heterocycles. The minimum absolute atomic E-state index is 0.163. The second-order valence-corrected chi connectivity index (χ2v) is 7.92. The SMILES string of the molecule is Cc1cc(Nc2nccc(C(F)(F)F)n2)cc(-c2cnc(C3(C(=O)O)CC3)s2)c1. The molecule has 4 rings (SSSR count). The van der Waals surface area contributed by atoms with Gasteiger partial charge in [-0.3, -0.25) is 4.79 Å². The molecule has 0 radical (unpaired) electrons. The monoisotopic (exact) mass is 420 g/mol. The summed E-state index contributed by atoms with van der Waals surface area (Å²) in [7, 11) is 0. The van der Waals surface area contributed by atoms with Crippen molar-refractivity contribution in [3.63, 3.8) is 0 Å². The molecule has 1 aliphatic carbocycles. The number of hydrogen-bond acceptors (Lipinski definition) is 6. The molecule has 2 heterocycles. The van der Waals surface area contributed by atoms with Crippen LogP contribution in [0.2, 0.25) is 0 Å². The van der Waals surface area contributed by atoms with E-state index in [9.17, 15) is 23.1 Å². The Hall–Kier alpha value is -3.01. The topological polar surface area (TPSA) is 88.0 Å². The summed E-state index contributed by atoms with van der Waals surface area (Å²) < 4.78 is 38.6. The number of halogens is 3. The Morgan fingerprint density at radius 3 is 2.66 bits per heavy atom. The number of nitrogens with one attached hydrogen (secondary N) is 1. The third-order valence-electron chi connectivity index (χ3n) is 4.64. The highest BCUT2D eigenvalue weighted by Gasteiger charge is 2.54. The number of benzene rings is 1. The smallest absolute Gasteiger partial charge is 0.433 e. The zero-order valence-corrected chi connectivity index (χ0v) is 15.9. The fraction of sp³-hybridized carbons (Fsp3) is 0.263. The summed E-state index contributed by atoms with van der Waals surface area (Å²) >= 11 is 1.31. The van der Waals surface area contributed by atoms with Gasteiger partial charge in [0, 0.05) is 18.1 Å². The highest BCUT2D eigenvalue weighted by Crippen LogP contribution is 2.50. The molecule has 0 amide bonds. The van der Waals surface area contributed by atoms with Crippen LogP contribution in [0.4, 0.5) is 24.8 Å². The van der Waals surface area contributed by atoms with Crippen LogP contribution in [0.5, 0.6) is 0 Å². The van der Waals surface area contributed by atoms with Crippen LogP contribution in [0, 0.1) is 6.92 Å². The molecule has 0 unspecified atom stereocenters. The van der Waals surface area contributed by atoms with Crippen LogP contribution in [-0.2, 0) is 16.4 Å². The Kier molecular flexibility index (Phi) is 4.53. The molecule has 0 atom stereocenters. The summed E-state index contributed by atoms with van der Waals surface area (Å²) in [6.45, 7) is 1.85. The summed E-state index contributed by atoms with van der Waals surface area (Å²) in [5, 5.41) is 12.8. The normalized spacial score (nSPS) is 15.2. The molecule has 0 aliphatic heterocycles. The van der Waals surface area contributed by atoms with Crippen molar-refractivity contribution in [1.82, 2.24) is 15.0 Å². The maximum absolute atomic E-state index is 12.9. The minimum atomic E-state index is -4.56. The number of aliphatic carboxylic acids is 1. The van der Waals surface area contributed by atoms with Crippen molar-refractivity contribution < 1.29 is 23.1 Å². The van der Waals surface area contributed by atoms with Gasteiger partial charge >= 0.3 is 12.1 Å². The van der Waals surface area contributed by atoms with E-state index in [-0.39, 0.29) is 5.95 Å². The van der Waals surface area contributed by atoms with Crippen molar-refractivity contribution in [3.05, 3.63) is 52.9 Å². The predicted molar refractivity (Wildman–Crippen MR) is 101 cm³/mol. The van der Waals surface area contributed by atoms with Crippen molar-refractivity contribution >= 4 is 28.9 Å². The molecular formula is C19H15F3N4O2S. The van der Waals surface area contributed by atoms with Crippen molar-refractivity contribution in [2.75, 3.05) is 5.32 Å². The van der Waals surface area contributed by atoms with E-state index >= 15 is 0 Å². The molecule has 2 N–H and O–H groups in total. The van der Waals surface area contributed by atoms with E-state index in [0.717, 1.165) is 28.3 Å². The number of aromatic nitrogens is 3. The lowest BCUT2D eigenvalue weighted by Gasteiger charge is -2.10. The van der Waals surface area contributed by atoms with Crippen molar-refractivity contribution in [2.45, 2.75) is 31.4 Å². The number of carboxylic acid groups (broad SMARTS) is 1. The average molecular weight is 420 g/mol. The molecule has 1 aromatic carbocycles. The fourth-order valence-electron chi connectivity index (χ4n) is 2.98. The molecule has 0 spiro atoms. The molecule has 1 fully saturated rings. The molecule has 0 bridgehead atoms. The zero-order chi connectivity index (χ0) is 20.8. The van der Waals surface area contributed by atoms with Gasteiger partial charge in [0.2, 0.25) is 5.95 Å². The van der Waals surface area contributed by atoms with E-state index in [1.165, 1.54) is 11.3 Å². The summed E-state index contributed by atoms with van der Waals surface area (Å²) in [5.74, 6) is -1.03. The summed E-state index contributed by atoms with van der Waals surface area (Å²) in [4.78, 5) is 23.9. The van der Waals surface area contributed by atoms with Crippen molar-refractivity contribution in [2.24, 2.45) is 0 Å². The van der Waals surface area contributed by atoms with Crippen LogP contribution in [-0.4, -0.2) is 26.0 Å². The van der Waals surface area contributed by atoms with Gasteiger partial charge in [-0.2, -0.15) is 13.2 Å². The molecule has 3 aromatic rings. The molecular weight excluding hydrogens is 405 g/mol. The Labute approximate surface area is 167 Å². The number of aryl methyl sites for hydroxylation is 1. The largest absolute Gasteiger partial charge is 0.481 e. The first-order valence-electron chi connectivity index (χ1n) is 8.66. The Bertz CT molecular complexity index is 1090. The predicted octanol–water partition coefficient (Wildman–Crippen LogP) is 4.79. The number of carboxylic acids is 1. The summed E-state index contributed by atoms with van der Waals surface area (Å²) in [5.41, 5.74) is 0.266. The third-order valence-corrected chi connectivity index (χ3v) is 5.89. The average Bonchev–Trinajstić information content (AvgIpc) is 3.31. The van der Waals surface area contributed by atoms with Crippen LogP contribution < -0.4 is 5.32 Å². The maximum Gasteiger partial charge on any atom is 0.433 e. The number of carbonyl (C=O) groups is 1. The number of hydrogen-bond donors (Lipinski definition) is 2. The Balaban J connectivity index is 1.63. The van der Waals surface area contributed by atoms with Gasteiger partial charge in [0.1, 0.15) is 16.1 Å². The van der Waals surface area contributed by atoms with Gasteiger partial charge in [-0.15, -0.1) is 11.3 Å².